The lowest BCUT2D eigenvalue weighted by molar-refractivity contribution is 0.102. The molecule has 3 amide bonds. The standard InChI is InChI=1S/C15H19N5O2/c1-10(2)20-13(7-8-18-20)19-14(21)12-5-3-11(4-6-12)9-17-15(16)22/h3-8,10H,9H2,1-2H3,(H,19,21)(H3,16,17,22). The number of urea groups is 1. The Bertz CT molecular complexity index is 661. The number of carbonyl (C=O) groups is 2. The van der Waals surface area contributed by atoms with Crippen LogP contribution in [-0.4, -0.2) is 21.7 Å². The third kappa shape index (κ3) is 3.85. The number of primary amides is 1. The number of rotatable bonds is 5. The predicted molar refractivity (Wildman–Crippen MR) is 83.4 cm³/mol. The molecule has 7 nitrogen and oxygen atoms in total. The van der Waals surface area contributed by atoms with Crippen LogP contribution >= 0.6 is 0 Å². The molecule has 2 aromatic rings. The smallest absolute Gasteiger partial charge is 0.312 e. The molecule has 1 aromatic heterocycles. The molecule has 0 spiro atoms. The molecule has 0 aliphatic rings. The quantitative estimate of drug-likeness (QED) is 0.785. The summed E-state index contributed by atoms with van der Waals surface area (Å²) in [6.45, 7) is 4.31. The summed E-state index contributed by atoms with van der Waals surface area (Å²) in [6, 6.07) is 8.27. The highest BCUT2D eigenvalue weighted by Gasteiger charge is 2.11. The average molecular weight is 301 g/mol. The van der Waals surface area contributed by atoms with E-state index in [1.54, 1.807) is 41.2 Å². The Balaban J connectivity index is 2.03. The summed E-state index contributed by atoms with van der Waals surface area (Å²) >= 11 is 0. The van der Waals surface area contributed by atoms with Crippen LogP contribution in [0.25, 0.3) is 0 Å². The van der Waals surface area contributed by atoms with E-state index < -0.39 is 6.03 Å². The predicted octanol–water partition coefficient (Wildman–Crippen LogP) is 1.88. The van der Waals surface area contributed by atoms with E-state index in [1.807, 2.05) is 13.8 Å². The van der Waals surface area contributed by atoms with E-state index in [2.05, 4.69) is 15.7 Å². The summed E-state index contributed by atoms with van der Waals surface area (Å²) in [5, 5.41) is 9.49. The van der Waals surface area contributed by atoms with E-state index in [4.69, 9.17) is 5.73 Å². The Morgan fingerprint density at radius 2 is 1.91 bits per heavy atom. The van der Waals surface area contributed by atoms with E-state index in [0.29, 0.717) is 17.9 Å². The van der Waals surface area contributed by atoms with Crippen LogP contribution in [0.4, 0.5) is 10.6 Å². The molecule has 0 aliphatic heterocycles. The van der Waals surface area contributed by atoms with Crippen LogP contribution in [0.3, 0.4) is 0 Å². The van der Waals surface area contributed by atoms with Gasteiger partial charge in [-0.2, -0.15) is 5.10 Å². The number of hydrogen-bond donors (Lipinski definition) is 3. The lowest BCUT2D eigenvalue weighted by Gasteiger charge is -2.12. The number of benzene rings is 1. The van der Waals surface area contributed by atoms with Gasteiger partial charge in [0.1, 0.15) is 5.82 Å². The number of amides is 3. The molecule has 7 heteroatoms. The molecule has 1 heterocycles. The number of nitrogens with one attached hydrogen (secondary N) is 2. The van der Waals surface area contributed by atoms with Gasteiger partial charge in [0.15, 0.2) is 0 Å². The van der Waals surface area contributed by atoms with Crippen LogP contribution in [-0.2, 0) is 6.54 Å². The maximum absolute atomic E-state index is 12.2. The lowest BCUT2D eigenvalue weighted by Crippen LogP contribution is -2.28. The average Bonchev–Trinajstić information content (AvgIpc) is 2.94. The van der Waals surface area contributed by atoms with Crippen LogP contribution in [0, 0.1) is 0 Å². The van der Waals surface area contributed by atoms with Gasteiger partial charge in [-0.25, -0.2) is 9.48 Å². The van der Waals surface area contributed by atoms with Gasteiger partial charge in [-0.05, 0) is 31.5 Å². The van der Waals surface area contributed by atoms with Crippen LogP contribution < -0.4 is 16.4 Å². The molecule has 0 aliphatic carbocycles. The molecule has 0 fully saturated rings. The van der Waals surface area contributed by atoms with Crippen molar-refractivity contribution < 1.29 is 9.59 Å². The van der Waals surface area contributed by atoms with Crippen LogP contribution in [0.1, 0.15) is 35.8 Å². The summed E-state index contributed by atoms with van der Waals surface area (Å²) < 4.78 is 1.74. The molecule has 0 atom stereocenters. The second kappa shape index (κ2) is 6.75. The number of hydrogen-bond acceptors (Lipinski definition) is 3. The summed E-state index contributed by atoms with van der Waals surface area (Å²) in [5.74, 6) is 0.441. The Morgan fingerprint density at radius 3 is 2.50 bits per heavy atom. The van der Waals surface area contributed by atoms with Gasteiger partial charge in [0.2, 0.25) is 0 Å². The second-order valence-corrected chi connectivity index (χ2v) is 5.12. The van der Waals surface area contributed by atoms with Gasteiger partial charge < -0.3 is 16.4 Å². The molecule has 0 unspecified atom stereocenters. The lowest BCUT2D eigenvalue weighted by atomic mass is 10.1. The number of nitrogens with zero attached hydrogens (tertiary/aromatic N) is 2. The first-order valence-corrected chi connectivity index (χ1v) is 6.94. The van der Waals surface area contributed by atoms with E-state index in [9.17, 15) is 9.59 Å². The number of anilines is 1. The fraction of sp³-hybridized carbons (Fsp3) is 0.267. The van der Waals surface area contributed by atoms with Crippen LogP contribution in [0.15, 0.2) is 36.5 Å². The molecule has 0 saturated carbocycles. The maximum Gasteiger partial charge on any atom is 0.312 e. The van der Waals surface area contributed by atoms with Crippen molar-refractivity contribution in [2.75, 3.05) is 5.32 Å². The monoisotopic (exact) mass is 301 g/mol. The molecule has 1 aromatic carbocycles. The van der Waals surface area contributed by atoms with Gasteiger partial charge in [-0.15, -0.1) is 0 Å². The van der Waals surface area contributed by atoms with Crippen molar-refractivity contribution in [3.63, 3.8) is 0 Å². The third-order valence-electron chi connectivity index (χ3n) is 3.08. The summed E-state index contributed by atoms with van der Waals surface area (Å²) in [4.78, 5) is 22.9. The van der Waals surface area contributed by atoms with Crippen molar-refractivity contribution in [2.24, 2.45) is 5.73 Å². The van der Waals surface area contributed by atoms with Gasteiger partial charge in [0.05, 0.1) is 6.20 Å². The Labute approximate surface area is 128 Å². The summed E-state index contributed by atoms with van der Waals surface area (Å²) in [5.41, 5.74) is 6.40. The van der Waals surface area contributed by atoms with Crippen LogP contribution in [0.5, 0.6) is 0 Å². The number of nitrogens with two attached hydrogens (primary N) is 1. The Morgan fingerprint density at radius 1 is 1.23 bits per heavy atom. The van der Waals surface area contributed by atoms with Crippen molar-refractivity contribution in [3.8, 4) is 0 Å². The topological polar surface area (TPSA) is 102 Å². The number of aromatic nitrogens is 2. The molecule has 0 radical (unpaired) electrons. The fourth-order valence-electron chi connectivity index (χ4n) is 1.98. The van der Waals surface area contributed by atoms with Crippen LogP contribution in [0.2, 0.25) is 0 Å². The van der Waals surface area contributed by atoms with Gasteiger partial charge in [0.25, 0.3) is 5.91 Å². The van der Waals surface area contributed by atoms with Gasteiger partial charge in [-0.3, -0.25) is 4.79 Å². The highest BCUT2D eigenvalue weighted by Crippen LogP contribution is 2.14. The Hall–Kier alpha value is -2.83. The molecule has 0 saturated heterocycles. The normalized spacial score (nSPS) is 10.5. The third-order valence-corrected chi connectivity index (χ3v) is 3.08. The van der Waals surface area contributed by atoms with E-state index >= 15 is 0 Å². The van der Waals surface area contributed by atoms with E-state index in [1.165, 1.54) is 0 Å². The highest BCUT2D eigenvalue weighted by molar-refractivity contribution is 6.03. The zero-order valence-electron chi connectivity index (χ0n) is 12.5. The molecule has 116 valence electrons. The van der Waals surface area contributed by atoms with Crippen molar-refractivity contribution in [1.82, 2.24) is 15.1 Å². The fourth-order valence-corrected chi connectivity index (χ4v) is 1.98. The van der Waals surface area contributed by atoms with Gasteiger partial charge in [0, 0.05) is 24.2 Å². The minimum absolute atomic E-state index is 0.160. The number of carbonyl (C=O) groups excluding carboxylic acids is 2. The van der Waals surface area contributed by atoms with Gasteiger partial charge >= 0.3 is 6.03 Å². The van der Waals surface area contributed by atoms with E-state index in [-0.39, 0.29) is 11.9 Å². The summed E-state index contributed by atoms with van der Waals surface area (Å²) in [6.07, 6.45) is 1.65. The SMILES string of the molecule is CC(C)n1nccc1NC(=O)c1ccc(CNC(N)=O)cc1. The largest absolute Gasteiger partial charge is 0.352 e. The summed E-state index contributed by atoms with van der Waals surface area (Å²) in [7, 11) is 0. The second-order valence-electron chi connectivity index (χ2n) is 5.12. The first kappa shape index (κ1) is 15.6. The molecular formula is C15H19N5O2. The molecule has 0 bridgehead atoms. The zero-order valence-corrected chi connectivity index (χ0v) is 12.5. The first-order chi connectivity index (χ1) is 10.5. The molecular weight excluding hydrogens is 282 g/mol. The molecule has 4 N–H and O–H groups in total. The van der Waals surface area contributed by atoms with Crippen molar-refractivity contribution >= 4 is 17.8 Å². The van der Waals surface area contributed by atoms with Crippen molar-refractivity contribution in [1.29, 1.82) is 0 Å². The van der Waals surface area contributed by atoms with E-state index in [0.717, 1.165) is 5.56 Å². The van der Waals surface area contributed by atoms with Crippen molar-refractivity contribution in [3.05, 3.63) is 47.7 Å². The maximum atomic E-state index is 12.2. The molecule has 2 rings (SSSR count). The van der Waals surface area contributed by atoms with Gasteiger partial charge in [-0.1, -0.05) is 12.1 Å². The molecule has 22 heavy (non-hydrogen) atoms. The minimum atomic E-state index is -0.580. The van der Waals surface area contributed by atoms with Crippen molar-refractivity contribution in [2.45, 2.75) is 26.4 Å². The minimum Gasteiger partial charge on any atom is -0.352 e. The first-order valence-electron chi connectivity index (χ1n) is 6.94. The highest BCUT2D eigenvalue weighted by atomic mass is 16.2. The zero-order chi connectivity index (χ0) is 16.1. The Kier molecular flexibility index (Phi) is 4.77.